The lowest BCUT2D eigenvalue weighted by Crippen LogP contribution is -2.54. The van der Waals surface area contributed by atoms with E-state index in [1.54, 1.807) is 0 Å². The molecule has 4 aliphatic carbocycles. The van der Waals surface area contributed by atoms with Crippen LogP contribution < -0.4 is 0 Å². The first-order chi connectivity index (χ1) is 15.1. The molecule has 1 aliphatic heterocycles. The first kappa shape index (κ1) is 22.9. The predicted molar refractivity (Wildman–Crippen MR) is 128 cm³/mol. The van der Waals surface area contributed by atoms with E-state index < -0.39 is 0 Å². The molecule has 0 aromatic heterocycles. The van der Waals surface area contributed by atoms with Crippen LogP contribution in [-0.4, -0.2) is 24.3 Å². The molecule has 0 spiro atoms. The van der Waals surface area contributed by atoms with Crippen molar-refractivity contribution in [3.63, 3.8) is 0 Å². The van der Waals surface area contributed by atoms with Crippen molar-refractivity contribution in [2.45, 2.75) is 118 Å². The smallest absolute Gasteiger partial charge is 0.303 e. The summed E-state index contributed by atoms with van der Waals surface area (Å²) in [6, 6.07) is 0. The van der Waals surface area contributed by atoms with E-state index in [-0.39, 0.29) is 17.5 Å². The number of fused-ring (bicyclic) bond motifs is 8. The van der Waals surface area contributed by atoms with Crippen LogP contribution in [0.2, 0.25) is 0 Å². The maximum atomic E-state index is 11.5. The van der Waals surface area contributed by atoms with E-state index in [0.717, 1.165) is 48.3 Å². The first-order valence-electron chi connectivity index (χ1n) is 13.7. The summed E-state index contributed by atoms with van der Waals surface area (Å²) >= 11 is 0. The van der Waals surface area contributed by atoms with Crippen LogP contribution in [0.1, 0.15) is 99.3 Å². The standard InChI is InChI=1S/C29H46O3/c1-17(2)8-7-9-18(3)21-10-11-22-25-23(13-15-28(21,22)5)29(6)14-12-20(31-19(4)30)16-24(29)26-27(25)32-26/h16-18,20-23,25-27H,7-15H2,1-6H3/t18-,20+,21-,22+,23+,25+,26-,27+,28-,29-/m1/s1. The first-order valence-corrected chi connectivity index (χ1v) is 13.7. The highest BCUT2D eigenvalue weighted by Crippen LogP contribution is 2.71. The van der Waals surface area contributed by atoms with E-state index in [1.165, 1.54) is 57.4 Å². The van der Waals surface area contributed by atoms with Gasteiger partial charge in [0, 0.05) is 6.92 Å². The van der Waals surface area contributed by atoms with Gasteiger partial charge in [0.1, 0.15) is 12.2 Å². The Morgan fingerprint density at radius 2 is 1.88 bits per heavy atom. The van der Waals surface area contributed by atoms with E-state index in [0.29, 0.717) is 17.6 Å². The summed E-state index contributed by atoms with van der Waals surface area (Å²) in [5.41, 5.74) is 2.21. The van der Waals surface area contributed by atoms with Crippen LogP contribution in [0.5, 0.6) is 0 Å². The Morgan fingerprint density at radius 3 is 2.59 bits per heavy atom. The minimum atomic E-state index is -0.162. The van der Waals surface area contributed by atoms with Crippen molar-refractivity contribution in [2.75, 3.05) is 0 Å². The van der Waals surface area contributed by atoms with Gasteiger partial charge in [0.2, 0.25) is 0 Å². The van der Waals surface area contributed by atoms with Crippen LogP contribution >= 0.6 is 0 Å². The van der Waals surface area contributed by atoms with Crippen LogP contribution in [0, 0.1) is 46.3 Å². The summed E-state index contributed by atoms with van der Waals surface area (Å²) in [6.07, 6.45) is 14.8. The van der Waals surface area contributed by atoms with Crippen molar-refractivity contribution in [1.82, 2.24) is 0 Å². The second-order valence-corrected chi connectivity index (χ2v) is 13.1. The summed E-state index contributed by atoms with van der Waals surface area (Å²) in [6.45, 7) is 14.0. The van der Waals surface area contributed by atoms with Gasteiger partial charge in [-0.3, -0.25) is 4.79 Å². The second kappa shape index (κ2) is 8.14. The number of epoxide rings is 1. The molecule has 0 unspecified atom stereocenters. The van der Waals surface area contributed by atoms with E-state index >= 15 is 0 Å². The molecular weight excluding hydrogens is 396 g/mol. The summed E-state index contributed by atoms with van der Waals surface area (Å²) in [5.74, 6) is 4.72. The van der Waals surface area contributed by atoms with Gasteiger partial charge in [0.25, 0.3) is 0 Å². The number of rotatable bonds is 6. The molecule has 3 nitrogen and oxygen atoms in total. The Labute approximate surface area is 196 Å². The van der Waals surface area contributed by atoms with Crippen molar-refractivity contribution >= 4 is 5.97 Å². The van der Waals surface area contributed by atoms with Gasteiger partial charge in [-0.25, -0.2) is 0 Å². The van der Waals surface area contributed by atoms with Crippen molar-refractivity contribution in [3.05, 3.63) is 11.6 Å². The quantitative estimate of drug-likeness (QED) is 0.254. The fourth-order valence-corrected chi connectivity index (χ4v) is 9.27. The third-order valence-corrected chi connectivity index (χ3v) is 10.9. The van der Waals surface area contributed by atoms with Gasteiger partial charge in [-0.15, -0.1) is 0 Å². The Kier molecular flexibility index (Phi) is 5.83. The zero-order valence-electron chi connectivity index (χ0n) is 21.4. The van der Waals surface area contributed by atoms with Gasteiger partial charge in [0.15, 0.2) is 0 Å². The average molecular weight is 443 g/mol. The minimum Gasteiger partial charge on any atom is -0.458 e. The molecule has 0 bridgehead atoms. The molecule has 10 atom stereocenters. The average Bonchev–Trinajstić information content (AvgIpc) is 3.42. The molecule has 1 saturated heterocycles. The molecule has 180 valence electrons. The Morgan fingerprint density at radius 1 is 1.09 bits per heavy atom. The molecule has 0 aromatic rings. The third-order valence-electron chi connectivity index (χ3n) is 10.9. The highest BCUT2D eigenvalue weighted by Gasteiger charge is 2.69. The Bertz CT molecular complexity index is 770. The van der Waals surface area contributed by atoms with E-state index in [1.807, 2.05) is 0 Å². The molecule has 0 N–H and O–H groups in total. The normalized spacial score (nSPS) is 47.6. The molecule has 1 heterocycles. The highest BCUT2D eigenvalue weighted by molar-refractivity contribution is 5.66. The van der Waals surface area contributed by atoms with Crippen LogP contribution in [-0.2, 0) is 14.3 Å². The summed E-state index contributed by atoms with van der Waals surface area (Å²) in [7, 11) is 0. The maximum absolute atomic E-state index is 11.5. The SMILES string of the molecule is CC(=O)O[C@@H]1C=C2[C@H]3O[C@H]3[C@H]3[C@@H]4CC[C@H]([C@H](C)CCCC(C)C)[C@@]4(C)CC[C@@H]3[C@@]2(C)CC1. The molecule has 5 rings (SSSR count). The topological polar surface area (TPSA) is 38.8 Å². The lowest BCUT2D eigenvalue weighted by Gasteiger charge is -2.57. The molecule has 5 aliphatic rings. The zero-order chi connectivity index (χ0) is 22.8. The third kappa shape index (κ3) is 3.60. The molecule has 4 fully saturated rings. The van der Waals surface area contributed by atoms with E-state index in [9.17, 15) is 4.79 Å². The van der Waals surface area contributed by atoms with Crippen LogP contribution in [0.3, 0.4) is 0 Å². The largest absolute Gasteiger partial charge is 0.458 e. The number of ether oxygens (including phenoxy) is 2. The Hall–Kier alpha value is -0.830. The van der Waals surface area contributed by atoms with Crippen LogP contribution in [0.4, 0.5) is 0 Å². The number of hydrogen-bond donors (Lipinski definition) is 0. The summed E-state index contributed by atoms with van der Waals surface area (Å²) < 4.78 is 12.1. The number of hydrogen-bond acceptors (Lipinski definition) is 3. The van der Waals surface area contributed by atoms with Crippen molar-refractivity contribution < 1.29 is 14.3 Å². The molecule has 3 saturated carbocycles. The fourth-order valence-electron chi connectivity index (χ4n) is 9.27. The van der Waals surface area contributed by atoms with Crippen molar-refractivity contribution in [1.29, 1.82) is 0 Å². The van der Waals surface area contributed by atoms with Gasteiger partial charge in [-0.2, -0.15) is 0 Å². The molecule has 3 heteroatoms. The van der Waals surface area contributed by atoms with E-state index in [4.69, 9.17) is 9.47 Å². The van der Waals surface area contributed by atoms with Gasteiger partial charge < -0.3 is 9.47 Å². The van der Waals surface area contributed by atoms with Gasteiger partial charge in [-0.05, 0) is 96.5 Å². The van der Waals surface area contributed by atoms with Gasteiger partial charge in [-0.1, -0.05) is 53.9 Å². The molecule has 0 aromatic carbocycles. The molecule has 32 heavy (non-hydrogen) atoms. The molecular formula is C29H46O3. The predicted octanol–water partition coefficient (Wildman–Crippen LogP) is 6.95. The molecule has 0 radical (unpaired) electrons. The minimum absolute atomic E-state index is 0.0478. The monoisotopic (exact) mass is 442 g/mol. The lowest BCUT2D eigenvalue weighted by atomic mass is 9.46. The second-order valence-electron chi connectivity index (χ2n) is 13.1. The fraction of sp³-hybridized carbons (Fsp3) is 0.897. The lowest BCUT2D eigenvalue weighted by molar-refractivity contribution is -0.145. The van der Waals surface area contributed by atoms with Gasteiger partial charge in [0.05, 0.1) is 6.10 Å². The van der Waals surface area contributed by atoms with Crippen molar-refractivity contribution in [2.24, 2.45) is 46.3 Å². The van der Waals surface area contributed by atoms with E-state index in [2.05, 4.69) is 40.7 Å². The number of carbonyl (C=O) groups excluding carboxylic acids is 1. The maximum Gasteiger partial charge on any atom is 0.303 e. The molecule has 0 amide bonds. The summed E-state index contributed by atoms with van der Waals surface area (Å²) in [4.78, 5) is 11.5. The summed E-state index contributed by atoms with van der Waals surface area (Å²) in [5, 5.41) is 0. The number of carbonyl (C=O) groups is 1. The van der Waals surface area contributed by atoms with Gasteiger partial charge >= 0.3 is 5.97 Å². The van der Waals surface area contributed by atoms with Crippen molar-refractivity contribution in [3.8, 4) is 0 Å². The highest BCUT2D eigenvalue weighted by atomic mass is 16.6. The Balaban J connectivity index is 1.34. The zero-order valence-corrected chi connectivity index (χ0v) is 21.4. The number of esters is 1. The van der Waals surface area contributed by atoms with Crippen LogP contribution in [0.25, 0.3) is 0 Å². The van der Waals surface area contributed by atoms with Crippen LogP contribution in [0.15, 0.2) is 11.6 Å².